The van der Waals surface area contributed by atoms with E-state index in [0.717, 1.165) is 12.5 Å². The summed E-state index contributed by atoms with van der Waals surface area (Å²) in [6, 6.07) is 10.4. The standard InChI is InChI=1S/C12H15BrN3/c1-15(2)12-14-8-9-16(12,13)10-11-6-4-3-5-7-11/h3-9H,10H2,1-2H3/q+1. The van der Waals surface area contributed by atoms with Crippen LogP contribution in [0, 0.1) is 0 Å². The van der Waals surface area contributed by atoms with Crippen LogP contribution < -0.4 is 0 Å². The maximum absolute atomic E-state index is 4.37. The molecule has 0 amide bonds. The number of guanidine groups is 1. The molecule has 4 heteroatoms. The van der Waals surface area contributed by atoms with Gasteiger partial charge in [-0.3, -0.25) is 0 Å². The summed E-state index contributed by atoms with van der Waals surface area (Å²) >= 11 is 3.73. The van der Waals surface area contributed by atoms with Gasteiger partial charge < -0.3 is 4.90 Å². The van der Waals surface area contributed by atoms with E-state index in [4.69, 9.17) is 0 Å². The highest BCUT2D eigenvalue weighted by Gasteiger charge is 2.35. The molecule has 0 radical (unpaired) electrons. The van der Waals surface area contributed by atoms with Gasteiger partial charge in [-0.2, -0.15) is 8.50 Å². The van der Waals surface area contributed by atoms with Crippen molar-refractivity contribution in [3.05, 3.63) is 48.3 Å². The molecule has 0 saturated carbocycles. The van der Waals surface area contributed by atoms with E-state index in [2.05, 4.69) is 45.4 Å². The summed E-state index contributed by atoms with van der Waals surface area (Å²) in [5.74, 6) is 0.990. The van der Waals surface area contributed by atoms with E-state index in [1.165, 1.54) is 5.56 Å². The maximum atomic E-state index is 4.37. The van der Waals surface area contributed by atoms with E-state index in [9.17, 15) is 0 Å². The van der Waals surface area contributed by atoms with Crippen LogP contribution in [0.1, 0.15) is 5.56 Å². The second-order valence-electron chi connectivity index (χ2n) is 4.04. The number of hydrogen-bond donors (Lipinski definition) is 0. The van der Waals surface area contributed by atoms with E-state index >= 15 is 0 Å². The first-order valence-corrected chi connectivity index (χ1v) is 5.87. The fourth-order valence-corrected chi connectivity index (χ4v) is 2.59. The molecule has 1 aromatic carbocycles. The first-order valence-electron chi connectivity index (χ1n) is 5.16. The largest absolute Gasteiger partial charge is 0.320 e. The van der Waals surface area contributed by atoms with Crippen LogP contribution in [0.4, 0.5) is 0 Å². The normalized spacial score (nSPS) is 23.3. The third-order valence-electron chi connectivity index (χ3n) is 2.48. The van der Waals surface area contributed by atoms with Gasteiger partial charge in [0.2, 0.25) is 16.1 Å². The molecule has 1 atom stereocenters. The van der Waals surface area contributed by atoms with Crippen LogP contribution in [0.25, 0.3) is 0 Å². The van der Waals surface area contributed by atoms with Crippen LogP contribution in [0.3, 0.4) is 0 Å². The Hall–Kier alpha value is -1.13. The monoisotopic (exact) mass is 280 g/mol. The predicted octanol–water partition coefficient (Wildman–Crippen LogP) is 2.72. The molecule has 0 N–H and O–H groups in total. The maximum Gasteiger partial charge on any atom is 0.320 e. The average molecular weight is 281 g/mol. The number of quaternary nitrogens is 1. The highest BCUT2D eigenvalue weighted by Crippen LogP contribution is 2.27. The fraction of sp³-hybridized carbons (Fsp3) is 0.250. The van der Waals surface area contributed by atoms with Crippen molar-refractivity contribution in [1.82, 2.24) is 4.90 Å². The lowest BCUT2D eigenvalue weighted by Gasteiger charge is -2.26. The van der Waals surface area contributed by atoms with E-state index in [-0.39, 0.29) is 0 Å². The van der Waals surface area contributed by atoms with Crippen molar-refractivity contribution in [2.24, 2.45) is 4.99 Å². The fourth-order valence-electron chi connectivity index (χ4n) is 1.79. The minimum absolute atomic E-state index is 0.546. The van der Waals surface area contributed by atoms with Crippen molar-refractivity contribution in [2.75, 3.05) is 14.1 Å². The van der Waals surface area contributed by atoms with Gasteiger partial charge >= 0.3 is 5.96 Å². The minimum Gasteiger partial charge on any atom is -0.316 e. The van der Waals surface area contributed by atoms with Gasteiger partial charge in [0.25, 0.3) is 0 Å². The number of nitrogens with zero attached hydrogens (tertiary/aromatic N) is 3. The van der Waals surface area contributed by atoms with E-state index in [1.54, 1.807) is 0 Å². The lowest BCUT2D eigenvalue weighted by Crippen LogP contribution is -2.43. The van der Waals surface area contributed by atoms with Crippen molar-refractivity contribution < 1.29 is 3.51 Å². The topological polar surface area (TPSA) is 15.6 Å². The van der Waals surface area contributed by atoms with Gasteiger partial charge in [-0.1, -0.05) is 30.3 Å². The smallest absolute Gasteiger partial charge is 0.316 e. The van der Waals surface area contributed by atoms with E-state index in [1.807, 2.05) is 37.5 Å². The molecule has 3 nitrogen and oxygen atoms in total. The molecule has 1 aliphatic rings. The Balaban J connectivity index is 2.21. The van der Waals surface area contributed by atoms with Crippen LogP contribution in [0.2, 0.25) is 0 Å². The van der Waals surface area contributed by atoms with Crippen molar-refractivity contribution in [3.8, 4) is 0 Å². The lowest BCUT2D eigenvalue weighted by molar-refractivity contribution is -0.639. The van der Waals surface area contributed by atoms with Gasteiger partial charge in [0.05, 0.1) is 6.20 Å². The Morgan fingerprint density at radius 2 is 1.94 bits per heavy atom. The zero-order chi connectivity index (χ0) is 11.6. The van der Waals surface area contributed by atoms with E-state index < -0.39 is 0 Å². The van der Waals surface area contributed by atoms with Gasteiger partial charge in [0.1, 0.15) is 12.7 Å². The van der Waals surface area contributed by atoms with Crippen molar-refractivity contribution in [2.45, 2.75) is 6.54 Å². The van der Waals surface area contributed by atoms with Gasteiger partial charge in [-0.15, -0.1) is 0 Å². The first-order chi connectivity index (χ1) is 7.62. The Labute approximate surface area is 105 Å². The molecule has 16 heavy (non-hydrogen) atoms. The molecular formula is C12H15BrN3+. The second kappa shape index (κ2) is 4.39. The van der Waals surface area contributed by atoms with Crippen molar-refractivity contribution in [1.29, 1.82) is 0 Å². The summed E-state index contributed by atoms with van der Waals surface area (Å²) in [4.78, 5) is 6.40. The van der Waals surface area contributed by atoms with Crippen LogP contribution in [0.5, 0.6) is 0 Å². The van der Waals surface area contributed by atoms with Crippen LogP contribution >= 0.6 is 16.1 Å². The summed E-state index contributed by atoms with van der Waals surface area (Å²) in [6.07, 6.45) is 3.88. The van der Waals surface area contributed by atoms with Crippen LogP contribution in [-0.2, 0) is 6.54 Å². The molecule has 1 aliphatic heterocycles. The summed E-state index contributed by atoms with van der Waals surface area (Å²) in [7, 11) is 4.01. The molecule has 1 aromatic rings. The quantitative estimate of drug-likeness (QED) is 0.761. The third kappa shape index (κ3) is 2.18. The Morgan fingerprint density at radius 3 is 2.56 bits per heavy atom. The lowest BCUT2D eigenvalue weighted by atomic mass is 10.2. The number of rotatable bonds is 2. The Morgan fingerprint density at radius 1 is 1.25 bits per heavy atom. The highest BCUT2D eigenvalue weighted by molar-refractivity contribution is 9.05. The second-order valence-corrected chi connectivity index (χ2v) is 5.30. The van der Waals surface area contributed by atoms with Crippen LogP contribution in [0.15, 0.2) is 47.7 Å². The molecule has 2 rings (SSSR count). The zero-order valence-corrected chi connectivity index (χ0v) is 11.1. The SMILES string of the molecule is CN(C)C1=NC=C[N+]1(Br)Cc1ccccc1. The molecular weight excluding hydrogens is 266 g/mol. The molecule has 1 unspecified atom stereocenters. The van der Waals surface area contributed by atoms with Crippen molar-refractivity contribution >= 4 is 22.1 Å². The van der Waals surface area contributed by atoms with Gasteiger partial charge in [-0.05, 0) is 0 Å². The molecule has 0 saturated heterocycles. The summed E-state index contributed by atoms with van der Waals surface area (Å²) < 4.78 is 0.546. The predicted molar refractivity (Wildman–Crippen MR) is 69.6 cm³/mol. The zero-order valence-electron chi connectivity index (χ0n) is 9.47. The van der Waals surface area contributed by atoms with Gasteiger partial charge in [-0.25, -0.2) is 0 Å². The number of halogens is 1. The Bertz CT molecular complexity index is 425. The molecule has 0 fully saturated rings. The van der Waals surface area contributed by atoms with Crippen molar-refractivity contribution in [3.63, 3.8) is 0 Å². The van der Waals surface area contributed by atoms with Gasteiger partial charge in [0.15, 0.2) is 0 Å². The van der Waals surface area contributed by atoms with Crippen LogP contribution in [-0.4, -0.2) is 28.5 Å². The molecule has 84 valence electrons. The molecule has 0 aromatic heterocycles. The third-order valence-corrected chi connectivity index (χ3v) is 3.29. The summed E-state index contributed by atoms with van der Waals surface area (Å²) in [5, 5.41) is 0. The number of hydrogen-bond acceptors (Lipinski definition) is 2. The summed E-state index contributed by atoms with van der Waals surface area (Å²) in [5.41, 5.74) is 1.28. The summed E-state index contributed by atoms with van der Waals surface area (Å²) in [6.45, 7) is 0.856. The average Bonchev–Trinajstić information content (AvgIpc) is 2.61. The molecule has 0 spiro atoms. The van der Waals surface area contributed by atoms with E-state index in [0.29, 0.717) is 3.51 Å². The molecule has 1 heterocycles. The minimum atomic E-state index is 0.546. The number of benzene rings is 1. The van der Waals surface area contributed by atoms with Gasteiger partial charge in [0, 0.05) is 19.7 Å². The molecule has 0 bridgehead atoms. The number of aliphatic imine (C=N–C) groups is 1. The first kappa shape index (κ1) is 11.4. The molecule has 0 aliphatic carbocycles. The Kier molecular flexibility index (Phi) is 3.12. The highest BCUT2D eigenvalue weighted by atomic mass is 79.9.